The fraction of sp³-hybridized carbons (Fsp3) is 0.154. The Kier molecular flexibility index (Phi) is 6.49. The topological polar surface area (TPSA) is 50.9 Å². The maximum absolute atomic E-state index is 14.1. The molecule has 3 aromatic rings. The van der Waals surface area contributed by atoms with Crippen LogP contribution in [0.4, 0.5) is 8.78 Å². The van der Waals surface area contributed by atoms with E-state index in [1.165, 1.54) is 12.1 Å². The molecule has 0 radical (unpaired) electrons. The Balaban J connectivity index is 1.50. The second-order valence-electron chi connectivity index (χ2n) is 7.46. The van der Waals surface area contributed by atoms with Crippen LogP contribution < -0.4 is 4.74 Å². The van der Waals surface area contributed by atoms with Crippen molar-refractivity contribution in [2.45, 2.75) is 20.4 Å². The van der Waals surface area contributed by atoms with Crippen molar-refractivity contribution in [1.82, 2.24) is 10.1 Å². The molecule has 168 valence electrons. The molecular formula is C26H23F2N3O2. The first-order chi connectivity index (χ1) is 15.9. The van der Waals surface area contributed by atoms with Crippen molar-refractivity contribution in [1.29, 1.82) is 0 Å². The van der Waals surface area contributed by atoms with Gasteiger partial charge in [0.1, 0.15) is 11.4 Å². The van der Waals surface area contributed by atoms with E-state index in [1.54, 1.807) is 19.2 Å². The zero-order valence-corrected chi connectivity index (χ0v) is 18.4. The highest BCUT2D eigenvalue weighted by molar-refractivity contribution is 5.99. The molecule has 0 amide bonds. The molecule has 2 heterocycles. The fourth-order valence-corrected chi connectivity index (χ4v) is 3.37. The van der Waals surface area contributed by atoms with E-state index in [1.807, 2.05) is 48.4 Å². The van der Waals surface area contributed by atoms with Gasteiger partial charge in [-0.25, -0.2) is 8.78 Å². The smallest absolute Gasteiger partial charge is 0.167 e. The Morgan fingerprint density at radius 2 is 1.97 bits per heavy atom. The molecule has 0 fully saturated rings. The highest BCUT2D eigenvalue weighted by atomic mass is 19.2. The molecule has 0 saturated heterocycles. The Bertz CT molecular complexity index is 1260. The van der Waals surface area contributed by atoms with Crippen LogP contribution in [0.3, 0.4) is 0 Å². The van der Waals surface area contributed by atoms with Gasteiger partial charge in [0.25, 0.3) is 0 Å². The zero-order valence-electron chi connectivity index (χ0n) is 18.4. The van der Waals surface area contributed by atoms with Gasteiger partial charge in [-0.3, -0.25) is 4.99 Å². The van der Waals surface area contributed by atoms with Crippen LogP contribution in [-0.4, -0.2) is 22.4 Å². The number of rotatable bonds is 7. The molecular weight excluding hydrogens is 424 g/mol. The predicted octanol–water partition coefficient (Wildman–Crippen LogP) is 6.25. The zero-order chi connectivity index (χ0) is 23.4. The summed E-state index contributed by atoms with van der Waals surface area (Å²) in [6.45, 7) is 8.58. The third-order valence-electron chi connectivity index (χ3n) is 5.07. The van der Waals surface area contributed by atoms with Gasteiger partial charge in [-0.05, 0) is 61.9 Å². The summed E-state index contributed by atoms with van der Waals surface area (Å²) in [4.78, 5) is 6.34. The molecule has 0 atom stereocenters. The SMILES string of the molecule is C=C1C=CN(Cc2cc(-c3ccc(OCC)cc3)no2)C=C1N=C(C)c1cccc(F)c1F. The second-order valence-corrected chi connectivity index (χ2v) is 7.46. The minimum absolute atomic E-state index is 0.111. The van der Waals surface area contributed by atoms with Crippen LogP contribution in [0.1, 0.15) is 25.2 Å². The number of aliphatic imine (C=N–C) groups is 1. The van der Waals surface area contributed by atoms with Crippen LogP contribution in [0.2, 0.25) is 0 Å². The normalized spacial score (nSPS) is 13.9. The highest BCUT2D eigenvalue weighted by Crippen LogP contribution is 2.25. The molecule has 0 aliphatic carbocycles. The lowest BCUT2D eigenvalue weighted by Gasteiger charge is -2.20. The minimum Gasteiger partial charge on any atom is -0.494 e. The first-order valence-corrected chi connectivity index (χ1v) is 10.5. The lowest BCUT2D eigenvalue weighted by Crippen LogP contribution is -2.13. The summed E-state index contributed by atoms with van der Waals surface area (Å²) in [6, 6.07) is 13.5. The number of hydrogen-bond acceptors (Lipinski definition) is 5. The van der Waals surface area contributed by atoms with E-state index in [-0.39, 0.29) is 5.56 Å². The Morgan fingerprint density at radius 1 is 1.18 bits per heavy atom. The number of aromatic nitrogens is 1. The van der Waals surface area contributed by atoms with Crippen molar-refractivity contribution in [2.24, 2.45) is 4.99 Å². The van der Waals surface area contributed by atoms with E-state index in [2.05, 4.69) is 16.7 Å². The van der Waals surface area contributed by atoms with Crippen LogP contribution in [0.15, 0.2) is 94.4 Å². The standard InChI is InChI=1S/C26H23F2N3O2/c1-4-32-20-10-8-19(9-11-20)24-14-21(33-30-24)15-31-13-12-17(2)25(16-31)29-18(3)22-6-5-7-23(27)26(22)28/h5-14,16H,2,4,15H2,1,3H3. The van der Waals surface area contributed by atoms with Crippen molar-refractivity contribution in [3.63, 3.8) is 0 Å². The summed E-state index contributed by atoms with van der Waals surface area (Å²) in [5, 5.41) is 4.16. The van der Waals surface area contributed by atoms with Crippen molar-refractivity contribution in [2.75, 3.05) is 6.61 Å². The number of benzene rings is 2. The first-order valence-electron chi connectivity index (χ1n) is 10.5. The van der Waals surface area contributed by atoms with Gasteiger partial charge in [-0.1, -0.05) is 17.8 Å². The van der Waals surface area contributed by atoms with Gasteiger partial charge in [-0.15, -0.1) is 0 Å². The molecule has 0 saturated carbocycles. The third-order valence-corrected chi connectivity index (χ3v) is 5.07. The Labute approximate surface area is 191 Å². The molecule has 0 spiro atoms. The minimum atomic E-state index is -0.920. The Morgan fingerprint density at radius 3 is 2.73 bits per heavy atom. The average Bonchev–Trinajstić information content (AvgIpc) is 3.27. The van der Waals surface area contributed by atoms with Gasteiger partial charge >= 0.3 is 0 Å². The van der Waals surface area contributed by atoms with Gasteiger partial charge in [0.2, 0.25) is 0 Å². The molecule has 0 unspecified atom stereocenters. The predicted molar refractivity (Wildman–Crippen MR) is 124 cm³/mol. The molecule has 0 N–H and O–H groups in total. The van der Waals surface area contributed by atoms with Gasteiger partial charge in [0.05, 0.1) is 18.8 Å². The number of allylic oxidation sites excluding steroid dienone is 1. The highest BCUT2D eigenvalue weighted by Gasteiger charge is 2.15. The van der Waals surface area contributed by atoms with Crippen molar-refractivity contribution in [3.8, 4) is 17.0 Å². The van der Waals surface area contributed by atoms with Crippen molar-refractivity contribution >= 4 is 5.71 Å². The maximum Gasteiger partial charge on any atom is 0.167 e. The lowest BCUT2D eigenvalue weighted by molar-refractivity contribution is 0.339. The number of halogens is 2. The molecule has 4 rings (SSSR count). The summed E-state index contributed by atoms with van der Waals surface area (Å²) in [5.74, 6) is -0.371. The van der Waals surface area contributed by atoms with Crippen LogP contribution in [0.25, 0.3) is 11.3 Å². The number of ether oxygens (including phenoxy) is 1. The molecule has 0 bridgehead atoms. The van der Waals surface area contributed by atoms with E-state index in [0.29, 0.717) is 35.9 Å². The third kappa shape index (κ3) is 5.09. The summed E-state index contributed by atoms with van der Waals surface area (Å²) >= 11 is 0. The fourth-order valence-electron chi connectivity index (χ4n) is 3.37. The van der Waals surface area contributed by atoms with Gasteiger partial charge in [-0.2, -0.15) is 0 Å². The summed E-state index contributed by atoms with van der Waals surface area (Å²) < 4.78 is 38.7. The average molecular weight is 447 g/mol. The van der Waals surface area contributed by atoms with Crippen LogP contribution in [0.5, 0.6) is 5.75 Å². The molecule has 7 heteroatoms. The number of nitrogens with zero attached hydrogens (tertiary/aromatic N) is 3. The number of hydrogen-bond donors (Lipinski definition) is 0. The van der Waals surface area contributed by atoms with Crippen molar-refractivity contribution in [3.05, 3.63) is 108 Å². The Hall–Kier alpha value is -4.00. The maximum atomic E-state index is 14.1. The van der Waals surface area contributed by atoms with Crippen LogP contribution >= 0.6 is 0 Å². The van der Waals surface area contributed by atoms with E-state index in [9.17, 15) is 8.78 Å². The lowest BCUT2D eigenvalue weighted by atomic mass is 10.1. The van der Waals surface area contributed by atoms with E-state index < -0.39 is 11.6 Å². The second kappa shape index (κ2) is 9.65. The largest absolute Gasteiger partial charge is 0.494 e. The summed E-state index contributed by atoms with van der Waals surface area (Å²) in [7, 11) is 0. The van der Waals surface area contributed by atoms with E-state index in [4.69, 9.17) is 9.26 Å². The first kappa shape index (κ1) is 22.2. The van der Waals surface area contributed by atoms with Gasteiger partial charge in [0.15, 0.2) is 17.4 Å². The van der Waals surface area contributed by atoms with Crippen molar-refractivity contribution < 1.29 is 18.0 Å². The van der Waals surface area contributed by atoms with E-state index >= 15 is 0 Å². The molecule has 1 aliphatic rings. The van der Waals surface area contributed by atoms with Gasteiger partial charge in [0, 0.05) is 35.3 Å². The van der Waals surface area contributed by atoms with E-state index in [0.717, 1.165) is 23.1 Å². The van der Waals surface area contributed by atoms with Crippen LogP contribution in [-0.2, 0) is 6.54 Å². The molecule has 33 heavy (non-hydrogen) atoms. The molecule has 5 nitrogen and oxygen atoms in total. The summed E-state index contributed by atoms with van der Waals surface area (Å²) in [6.07, 6.45) is 5.43. The van der Waals surface area contributed by atoms with Gasteiger partial charge < -0.3 is 14.2 Å². The molecule has 1 aliphatic heterocycles. The molecule has 2 aromatic carbocycles. The monoisotopic (exact) mass is 447 g/mol. The molecule has 1 aromatic heterocycles. The summed E-state index contributed by atoms with van der Waals surface area (Å²) in [5.41, 5.74) is 3.31. The quantitative estimate of drug-likeness (QED) is 0.402. The van der Waals surface area contributed by atoms with Crippen LogP contribution in [0, 0.1) is 11.6 Å².